The number of hydrogen-bond acceptors (Lipinski definition) is 4. The zero-order chi connectivity index (χ0) is 13.0. The minimum atomic E-state index is -0.0516. The number of nitrogen functional groups attached to an aromatic ring is 1. The third-order valence-corrected chi connectivity index (χ3v) is 3.35. The molecule has 18 heavy (non-hydrogen) atoms. The van der Waals surface area contributed by atoms with Crippen LogP contribution in [0.25, 0.3) is 11.3 Å². The van der Waals surface area contributed by atoms with E-state index in [4.69, 9.17) is 5.84 Å². The number of nitrogens with two attached hydrogens (primary N) is 1. The smallest absolute Gasteiger partial charge is 0.230 e. The van der Waals surface area contributed by atoms with E-state index in [1.165, 1.54) is 16.4 Å². The van der Waals surface area contributed by atoms with E-state index < -0.39 is 0 Å². The van der Waals surface area contributed by atoms with Crippen LogP contribution < -0.4 is 11.2 Å². The maximum absolute atomic E-state index is 11.2. The zero-order valence-electron chi connectivity index (χ0n) is 9.96. The highest BCUT2D eigenvalue weighted by Gasteiger charge is 2.09. The molecule has 94 valence electrons. The fourth-order valence-corrected chi connectivity index (χ4v) is 2.20. The van der Waals surface area contributed by atoms with Gasteiger partial charge in [-0.3, -0.25) is 4.79 Å². The molecular weight excluding hydrogens is 248 g/mol. The summed E-state index contributed by atoms with van der Waals surface area (Å²) < 4.78 is 1.44. The predicted molar refractivity (Wildman–Crippen MR) is 72.6 cm³/mol. The molecule has 1 aromatic carbocycles. The Morgan fingerprint density at radius 1 is 1.44 bits per heavy atom. The van der Waals surface area contributed by atoms with Gasteiger partial charge in [-0.05, 0) is 0 Å². The average Bonchev–Trinajstić information content (AvgIpc) is 2.78. The van der Waals surface area contributed by atoms with Crippen molar-refractivity contribution in [2.75, 3.05) is 18.6 Å². The molecule has 2 aromatic rings. The van der Waals surface area contributed by atoms with Crippen LogP contribution >= 0.6 is 11.8 Å². The van der Waals surface area contributed by atoms with Gasteiger partial charge in [0.05, 0.1) is 17.6 Å². The van der Waals surface area contributed by atoms with Crippen LogP contribution in [-0.2, 0) is 4.79 Å². The maximum Gasteiger partial charge on any atom is 0.230 e. The number of rotatable bonds is 4. The fourth-order valence-electron chi connectivity index (χ4n) is 1.43. The van der Waals surface area contributed by atoms with Gasteiger partial charge in [-0.15, -0.1) is 0 Å². The van der Waals surface area contributed by atoms with Crippen molar-refractivity contribution in [2.45, 2.75) is 5.16 Å². The van der Waals surface area contributed by atoms with Crippen LogP contribution in [0.2, 0.25) is 0 Å². The van der Waals surface area contributed by atoms with Crippen molar-refractivity contribution in [1.29, 1.82) is 0 Å². The van der Waals surface area contributed by atoms with Crippen molar-refractivity contribution in [3.63, 3.8) is 0 Å². The van der Waals surface area contributed by atoms with Gasteiger partial charge in [0.25, 0.3) is 0 Å². The van der Waals surface area contributed by atoms with Gasteiger partial charge in [-0.1, -0.05) is 42.1 Å². The van der Waals surface area contributed by atoms with Crippen molar-refractivity contribution in [2.24, 2.45) is 0 Å². The molecule has 1 amide bonds. The number of hydrogen-bond donors (Lipinski definition) is 2. The highest BCUT2D eigenvalue weighted by molar-refractivity contribution is 7.99. The molecule has 1 aromatic heterocycles. The molecule has 0 spiro atoms. The first kappa shape index (κ1) is 12.5. The topological polar surface area (TPSA) is 72.9 Å². The first-order valence-corrected chi connectivity index (χ1v) is 6.42. The van der Waals surface area contributed by atoms with Gasteiger partial charge in [0.15, 0.2) is 5.16 Å². The van der Waals surface area contributed by atoms with Crippen molar-refractivity contribution >= 4 is 17.7 Å². The van der Waals surface area contributed by atoms with E-state index in [2.05, 4.69) is 10.3 Å². The largest absolute Gasteiger partial charge is 0.358 e. The lowest BCUT2D eigenvalue weighted by Gasteiger charge is -1.99. The summed E-state index contributed by atoms with van der Waals surface area (Å²) in [5, 5.41) is 3.18. The maximum atomic E-state index is 11.2. The Morgan fingerprint density at radius 3 is 2.83 bits per heavy atom. The van der Waals surface area contributed by atoms with Gasteiger partial charge < -0.3 is 11.2 Å². The van der Waals surface area contributed by atoms with Gasteiger partial charge >= 0.3 is 0 Å². The van der Waals surface area contributed by atoms with Crippen molar-refractivity contribution in [3.8, 4) is 11.3 Å². The fraction of sp³-hybridized carbons (Fsp3) is 0.167. The lowest BCUT2D eigenvalue weighted by Crippen LogP contribution is -2.20. The monoisotopic (exact) mass is 262 g/mol. The SMILES string of the molecule is CNC(=O)CSc1nc(-c2ccccc2)cn1N. The number of carbonyl (C=O) groups is 1. The van der Waals surface area contributed by atoms with Gasteiger partial charge in [0, 0.05) is 12.6 Å². The average molecular weight is 262 g/mol. The molecule has 0 fully saturated rings. The number of nitrogens with zero attached hydrogens (tertiary/aromatic N) is 2. The van der Waals surface area contributed by atoms with Crippen LogP contribution in [0.4, 0.5) is 0 Å². The van der Waals surface area contributed by atoms with Crippen LogP contribution in [-0.4, -0.2) is 28.4 Å². The molecular formula is C12H14N4OS. The van der Waals surface area contributed by atoms with E-state index in [0.717, 1.165) is 11.3 Å². The van der Waals surface area contributed by atoms with E-state index in [0.29, 0.717) is 10.9 Å². The van der Waals surface area contributed by atoms with Crippen molar-refractivity contribution < 1.29 is 4.79 Å². The quantitative estimate of drug-likeness (QED) is 0.639. The van der Waals surface area contributed by atoms with E-state index in [1.54, 1.807) is 13.2 Å². The molecule has 0 saturated carbocycles. The van der Waals surface area contributed by atoms with Gasteiger partial charge in [-0.2, -0.15) is 0 Å². The Bertz CT molecular complexity index is 538. The molecule has 0 saturated heterocycles. The third-order valence-electron chi connectivity index (χ3n) is 2.38. The van der Waals surface area contributed by atoms with Crippen LogP contribution in [0.15, 0.2) is 41.7 Å². The van der Waals surface area contributed by atoms with E-state index >= 15 is 0 Å². The molecule has 2 rings (SSSR count). The van der Waals surface area contributed by atoms with Crippen molar-refractivity contribution in [1.82, 2.24) is 15.0 Å². The molecule has 0 unspecified atom stereocenters. The summed E-state index contributed by atoms with van der Waals surface area (Å²) in [6.45, 7) is 0. The summed E-state index contributed by atoms with van der Waals surface area (Å²) in [6.07, 6.45) is 1.75. The molecule has 0 aliphatic rings. The number of amides is 1. The minimum absolute atomic E-state index is 0.0516. The first-order chi connectivity index (χ1) is 8.70. The number of thioether (sulfide) groups is 1. The molecule has 0 atom stereocenters. The molecule has 5 nitrogen and oxygen atoms in total. The second-order valence-electron chi connectivity index (χ2n) is 3.64. The summed E-state index contributed by atoms with van der Waals surface area (Å²) >= 11 is 1.31. The lowest BCUT2D eigenvalue weighted by molar-refractivity contribution is -0.118. The highest BCUT2D eigenvalue weighted by Crippen LogP contribution is 2.22. The standard InChI is InChI=1S/C12H14N4OS/c1-14-11(17)8-18-12-15-10(7-16(12)13)9-5-3-2-4-6-9/h2-7H,8,13H2,1H3,(H,14,17). The number of aromatic nitrogens is 2. The summed E-state index contributed by atoms with van der Waals surface area (Å²) in [5.74, 6) is 6.06. The summed E-state index contributed by atoms with van der Waals surface area (Å²) in [5.41, 5.74) is 1.81. The molecule has 0 aliphatic carbocycles. The van der Waals surface area contributed by atoms with E-state index in [-0.39, 0.29) is 5.91 Å². The molecule has 1 heterocycles. The molecule has 0 aliphatic heterocycles. The predicted octanol–water partition coefficient (Wildman–Crippen LogP) is 1.10. The normalized spacial score (nSPS) is 10.3. The van der Waals surface area contributed by atoms with E-state index in [9.17, 15) is 4.79 Å². The molecule has 0 radical (unpaired) electrons. The summed E-state index contributed by atoms with van der Waals surface area (Å²) in [7, 11) is 1.60. The van der Waals surface area contributed by atoms with E-state index in [1.807, 2.05) is 30.3 Å². The van der Waals surface area contributed by atoms with Gasteiger partial charge in [0.1, 0.15) is 0 Å². The number of imidazole rings is 1. The Kier molecular flexibility index (Phi) is 3.88. The minimum Gasteiger partial charge on any atom is -0.358 e. The lowest BCUT2D eigenvalue weighted by atomic mass is 10.2. The Hall–Kier alpha value is -1.95. The summed E-state index contributed by atoms with van der Waals surface area (Å²) in [6, 6.07) is 9.78. The van der Waals surface area contributed by atoms with Crippen LogP contribution in [0, 0.1) is 0 Å². The van der Waals surface area contributed by atoms with Crippen LogP contribution in [0.3, 0.4) is 0 Å². The molecule has 0 bridgehead atoms. The Labute approximate surface area is 109 Å². The van der Waals surface area contributed by atoms with Gasteiger partial charge in [0.2, 0.25) is 5.91 Å². The Morgan fingerprint density at radius 2 is 2.17 bits per heavy atom. The number of carbonyl (C=O) groups excluding carboxylic acids is 1. The summed E-state index contributed by atoms with van der Waals surface area (Å²) in [4.78, 5) is 15.6. The second-order valence-corrected chi connectivity index (χ2v) is 4.59. The third kappa shape index (κ3) is 2.84. The Balaban J connectivity index is 2.15. The zero-order valence-corrected chi connectivity index (χ0v) is 10.8. The van der Waals surface area contributed by atoms with Crippen LogP contribution in [0.5, 0.6) is 0 Å². The van der Waals surface area contributed by atoms with Crippen LogP contribution in [0.1, 0.15) is 0 Å². The highest BCUT2D eigenvalue weighted by atomic mass is 32.2. The number of nitrogens with one attached hydrogen (secondary N) is 1. The molecule has 6 heteroatoms. The molecule has 3 N–H and O–H groups in total. The van der Waals surface area contributed by atoms with Gasteiger partial charge in [-0.25, -0.2) is 9.66 Å². The van der Waals surface area contributed by atoms with Crippen molar-refractivity contribution in [3.05, 3.63) is 36.5 Å². The second kappa shape index (κ2) is 5.59. The number of benzene rings is 1. The first-order valence-electron chi connectivity index (χ1n) is 5.44.